The molecule has 4 heterocycles. The smallest absolute Gasteiger partial charge is 0.201 e. The molecule has 0 bridgehead atoms. The van der Waals surface area contributed by atoms with E-state index in [9.17, 15) is 5.11 Å². The van der Waals surface area contributed by atoms with E-state index < -0.39 is 0 Å². The Morgan fingerprint density at radius 2 is 2.00 bits per heavy atom. The second kappa shape index (κ2) is 5.83. The zero-order chi connectivity index (χ0) is 16.7. The van der Waals surface area contributed by atoms with Crippen molar-refractivity contribution < 1.29 is 5.11 Å². The lowest BCUT2D eigenvalue weighted by atomic mass is 9.97. The van der Waals surface area contributed by atoms with Gasteiger partial charge in [-0.3, -0.25) is 4.98 Å². The summed E-state index contributed by atoms with van der Waals surface area (Å²) in [6.45, 7) is 5.42. The molecule has 0 saturated carbocycles. The molecule has 3 aromatic rings. The molecule has 0 amide bonds. The monoisotopic (exact) mass is 324 g/mol. The number of anilines is 1. The number of fused-ring (bicyclic) bond motifs is 1. The molecule has 7 heteroatoms. The molecular weight excluding hydrogens is 304 g/mol. The van der Waals surface area contributed by atoms with Crippen LogP contribution < -0.4 is 4.90 Å². The number of aryl methyl sites for hydroxylation is 1. The van der Waals surface area contributed by atoms with E-state index in [-0.39, 0.29) is 12.0 Å². The van der Waals surface area contributed by atoms with E-state index in [1.54, 1.807) is 23.2 Å². The Balaban J connectivity index is 1.65. The molecule has 7 nitrogen and oxygen atoms in total. The molecule has 1 saturated heterocycles. The number of pyridine rings is 1. The number of hydrogen-bond donors (Lipinski definition) is 1. The summed E-state index contributed by atoms with van der Waals surface area (Å²) >= 11 is 0. The summed E-state index contributed by atoms with van der Waals surface area (Å²) in [6.07, 6.45) is 5.68. The van der Waals surface area contributed by atoms with Gasteiger partial charge in [-0.1, -0.05) is 0 Å². The van der Waals surface area contributed by atoms with Crippen molar-refractivity contribution in [3.63, 3.8) is 0 Å². The fourth-order valence-electron chi connectivity index (χ4n) is 3.47. The Hall–Kier alpha value is -2.54. The van der Waals surface area contributed by atoms with E-state index in [1.807, 2.05) is 19.1 Å². The van der Waals surface area contributed by atoms with E-state index in [1.165, 1.54) is 5.56 Å². The lowest BCUT2D eigenvalue weighted by molar-refractivity contribution is 0.148. The Morgan fingerprint density at radius 3 is 2.79 bits per heavy atom. The first kappa shape index (κ1) is 15.0. The predicted molar refractivity (Wildman–Crippen MR) is 89.9 cm³/mol. The molecule has 2 atom stereocenters. The molecule has 0 aromatic carbocycles. The van der Waals surface area contributed by atoms with Crippen molar-refractivity contribution in [2.24, 2.45) is 5.92 Å². The molecule has 1 N–H and O–H groups in total. The second-order valence-corrected chi connectivity index (χ2v) is 6.45. The van der Waals surface area contributed by atoms with Crippen LogP contribution >= 0.6 is 0 Å². The predicted octanol–water partition coefficient (Wildman–Crippen LogP) is 1.18. The largest absolute Gasteiger partial charge is 0.391 e. The third-order valence-corrected chi connectivity index (χ3v) is 4.87. The number of aromatic nitrogens is 5. The number of hydrogen-bond acceptors (Lipinski definition) is 6. The molecule has 0 spiro atoms. The Morgan fingerprint density at radius 1 is 1.21 bits per heavy atom. The van der Waals surface area contributed by atoms with Crippen molar-refractivity contribution in [3.8, 4) is 0 Å². The summed E-state index contributed by atoms with van der Waals surface area (Å²) in [6, 6.07) is 4.02. The lowest BCUT2D eigenvalue weighted by Gasteiger charge is -2.21. The normalized spacial score (nSPS) is 20.9. The highest BCUT2D eigenvalue weighted by atomic mass is 16.3. The number of aliphatic hydroxyl groups is 1. The highest BCUT2D eigenvalue weighted by Crippen LogP contribution is 2.32. The van der Waals surface area contributed by atoms with Crippen molar-refractivity contribution in [3.05, 3.63) is 47.7 Å². The van der Waals surface area contributed by atoms with Crippen LogP contribution in [0.15, 0.2) is 30.9 Å². The average molecular weight is 324 g/mol. The summed E-state index contributed by atoms with van der Waals surface area (Å²) in [4.78, 5) is 6.27. The zero-order valence-corrected chi connectivity index (χ0v) is 13.8. The van der Waals surface area contributed by atoms with Gasteiger partial charge >= 0.3 is 0 Å². The van der Waals surface area contributed by atoms with Crippen LogP contribution in [0.1, 0.15) is 16.8 Å². The van der Waals surface area contributed by atoms with Gasteiger partial charge in [-0.25, -0.2) is 0 Å². The number of aliphatic hydroxyl groups excluding tert-OH is 1. The van der Waals surface area contributed by atoms with Crippen LogP contribution in [0.4, 0.5) is 5.69 Å². The Bertz CT molecular complexity index is 862. The number of nitrogens with zero attached hydrogens (tertiary/aromatic N) is 6. The van der Waals surface area contributed by atoms with Crippen molar-refractivity contribution in [2.45, 2.75) is 26.4 Å². The minimum Gasteiger partial charge on any atom is -0.391 e. The number of rotatable bonds is 3. The van der Waals surface area contributed by atoms with E-state index >= 15 is 0 Å². The first-order valence-electron chi connectivity index (χ1n) is 8.12. The van der Waals surface area contributed by atoms with Crippen molar-refractivity contribution >= 4 is 11.3 Å². The highest BCUT2D eigenvalue weighted by Gasteiger charge is 2.33. The topological polar surface area (TPSA) is 79.4 Å². The lowest BCUT2D eigenvalue weighted by Crippen LogP contribution is -2.23. The fourth-order valence-corrected chi connectivity index (χ4v) is 3.47. The summed E-state index contributed by atoms with van der Waals surface area (Å²) in [5.41, 5.74) is 5.01. The number of β-amino-alcohol motifs (C(OH)–C–C–N with tert-alkyl or cyclic N) is 1. The van der Waals surface area contributed by atoms with Crippen LogP contribution in [0, 0.1) is 19.8 Å². The van der Waals surface area contributed by atoms with Gasteiger partial charge in [0.05, 0.1) is 17.5 Å². The maximum Gasteiger partial charge on any atom is 0.201 e. The van der Waals surface area contributed by atoms with Crippen molar-refractivity contribution in [2.75, 3.05) is 18.0 Å². The SMILES string of the molecule is Cc1nn2cnnc2c(N2C[C@@H](Cc3ccncc3)[C@H](O)C2)c1C. The first-order valence-corrected chi connectivity index (χ1v) is 8.12. The molecule has 1 aliphatic heterocycles. The van der Waals surface area contributed by atoms with Gasteiger partial charge in [0.1, 0.15) is 6.33 Å². The quantitative estimate of drug-likeness (QED) is 0.779. The molecule has 0 aliphatic carbocycles. The molecule has 0 radical (unpaired) electrons. The van der Waals surface area contributed by atoms with Crippen LogP contribution in [-0.4, -0.2) is 49.1 Å². The molecule has 1 aliphatic rings. The van der Waals surface area contributed by atoms with Gasteiger partial charge in [-0.15, -0.1) is 10.2 Å². The maximum absolute atomic E-state index is 10.5. The van der Waals surface area contributed by atoms with Gasteiger partial charge < -0.3 is 10.0 Å². The van der Waals surface area contributed by atoms with Gasteiger partial charge in [0.15, 0.2) is 0 Å². The molecule has 24 heavy (non-hydrogen) atoms. The van der Waals surface area contributed by atoms with Crippen molar-refractivity contribution in [1.29, 1.82) is 0 Å². The Kier molecular flexibility index (Phi) is 3.65. The Labute approximate surface area is 140 Å². The summed E-state index contributed by atoms with van der Waals surface area (Å²) in [5, 5.41) is 23.2. The first-order chi connectivity index (χ1) is 11.6. The molecule has 1 fully saturated rings. The summed E-state index contributed by atoms with van der Waals surface area (Å²) < 4.78 is 1.71. The molecule has 124 valence electrons. The molecule has 4 rings (SSSR count). The molecule has 3 aromatic heterocycles. The highest BCUT2D eigenvalue weighted by molar-refractivity contribution is 5.73. The zero-order valence-electron chi connectivity index (χ0n) is 13.8. The molecular formula is C17H20N6O. The van der Waals surface area contributed by atoms with Gasteiger partial charge in [0.25, 0.3) is 0 Å². The minimum atomic E-state index is -0.367. The minimum absolute atomic E-state index is 0.184. The summed E-state index contributed by atoms with van der Waals surface area (Å²) in [7, 11) is 0. The average Bonchev–Trinajstić information content (AvgIpc) is 3.16. The van der Waals surface area contributed by atoms with Crippen LogP contribution in [0.25, 0.3) is 5.65 Å². The van der Waals surface area contributed by atoms with Gasteiger partial charge in [0.2, 0.25) is 5.65 Å². The third-order valence-electron chi connectivity index (χ3n) is 4.87. The van der Waals surface area contributed by atoms with E-state index in [0.717, 1.165) is 35.6 Å². The standard InChI is InChI=1S/C17H20N6O/c1-11-12(2)21-23-10-19-20-17(23)16(11)22-8-14(15(24)9-22)7-13-3-5-18-6-4-13/h3-6,10,14-15,24H,7-9H2,1-2H3/t14-,15-/m1/s1. The van der Waals surface area contributed by atoms with Crippen LogP contribution in [-0.2, 0) is 6.42 Å². The van der Waals surface area contributed by atoms with Crippen LogP contribution in [0.3, 0.4) is 0 Å². The van der Waals surface area contributed by atoms with Crippen LogP contribution in [0.5, 0.6) is 0 Å². The van der Waals surface area contributed by atoms with E-state index in [2.05, 4.69) is 32.1 Å². The van der Waals surface area contributed by atoms with Gasteiger partial charge in [-0.05, 0) is 43.5 Å². The third kappa shape index (κ3) is 2.50. The fraction of sp³-hybridized carbons (Fsp3) is 0.412. The van der Waals surface area contributed by atoms with Crippen LogP contribution in [0.2, 0.25) is 0 Å². The van der Waals surface area contributed by atoms with E-state index in [0.29, 0.717) is 6.54 Å². The molecule has 0 unspecified atom stereocenters. The van der Waals surface area contributed by atoms with Crippen molar-refractivity contribution in [1.82, 2.24) is 24.8 Å². The van der Waals surface area contributed by atoms with Gasteiger partial charge in [0, 0.05) is 31.4 Å². The van der Waals surface area contributed by atoms with E-state index in [4.69, 9.17) is 0 Å². The second-order valence-electron chi connectivity index (χ2n) is 6.45. The summed E-state index contributed by atoms with van der Waals surface area (Å²) in [5.74, 6) is 0.184. The van der Waals surface area contributed by atoms with Gasteiger partial charge in [-0.2, -0.15) is 9.61 Å². The maximum atomic E-state index is 10.5.